The monoisotopic (exact) mass is 439 g/mol. The molecule has 2 aliphatic rings. The SMILES string of the molecule is CN1C(=O)[C@@H](NC(=O)c2ncn(Cc3ccc(Cl)cc3)n2)CCn2nc(C3CC3)cc21. The van der Waals surface area contributed by atoms with Crippen molar-refractivity contribution in [2.75, 3.05) is 11.9 Å². The van der Waals surface area contributed by atoms with E-state index in [0.29, 0.717) is 30.5 Å². The van der Waals surface area contributed by atoms with E-state index in [1.54, 1.807) is 28.8 Å². The zero-order valence-electron chi connectivity index (χ0n) is 17.0. The van der Waals surface area contributed by atoms with E-state index >= 15 is 0 Å². The van der Waals surface area contributed by atoms with Gasteiger partial charge in [-0.1, -0.05) is 23.7 Å². The molecule has 1 atom stereocenters. The zero-order valence-corrected chi connectivity index (χ0v) is 17.8. The van der Waals surface area contributed by atoms with Gasteiger partial charge in [0.15, 0.2) is 0 Å². The molecule has 1 N–H and O–H groups in total. The van der Waals surface area contributed by atoms with E-state index in [9.17, 15) is 9.59 Å². The fraction of sp³-hybridized carbons (Fsp3) is 0.381. The maximum Gasteiger partial charge on any atom is 0.291 e. The lowest BCUT2D eigenvalue weighted by Crippen LogP contribution is -2.47. The number of likely N-dealkylation sites (N-methyl/N-ethyl adjacent to an activating group) is 1. The molecule has 9 nitrogen and oxygen atoms in total. The first kappa shape index (κ1) is 19.7. The van der Waals surface area contributed by atoms with E-state index in [-0.39, 0.29) is 11.7 Å². The molecular weight excluding hydrogens is 418 g/mol. The van der Waals surface area contributed by atoms with E-state index in [0.717, 1.165) is 29.9 Å². The number of amides is 2. The number of carbonyl (C=O) groups excluding carboxylic acids is 2. The van der Waals surface area contributed by atoms with Crippen LogP contribution in [0.3, 0.4) is 0 Å². The van der Waals surface area contributed by atoms with E-state index in [2.05, 4.69) is 20.5 Å². The van der Waals surface area contributed by atoms with Crippen molar-refractivity contribution in [1.29, 1.82) is 0 Å². The number of halogens is 1. The van der Waals surface area contributed by atoms with Gasteiger partial charge in [-0.05, 0) is 37.0 Å². The molecular formula is C21H22ClN7O2. The topological polar surface area (TPSA) is 97.9 Å². The summed E-state index contributed by atoms with van der Waals surface area (Å²) < 4.78 is 3.44. The number of aryl methyl sites for hydroxylation is 1. The predicted molar refractivity (Wildman–Crippen MR) is 114 cm³/mol. The van der Waals surface area contributed by atoms with Gasteiger partial charge in [-0.25, -0.2) is 14.3 Å². The summed E-state index contributed by atoms with van der Waals surface area (Å²) in [6.07, 6.45) is 4.27. The van der Waals surface area contributed by atoms with Crippen LogP contribution in [0.2, 0.25) is 5.02 Å². The summed E-state index contributed by atoms with van der Waals surface area (Å²) in [5.41, 5.74) is 2.04. The molecule has 3 aromatic rings. The van der Waals surface area contributed by atoms with E-state index in [1.807, 2.05) is 22.9 Å². The van der Waals surface area contributed by atoms with Crippen LogP contribution in [-0.4, -0.2) is 49.4 Å². The minimum atomic E-state index is -0.660. The van der Waals surface area contributed by atoms with Crippen LogP contribution in [0.25, 0.3) is 0 Å². The lowest BCUT2D eigenvalue weighted by atomic mass is 10.2. The largest absolute Gasteiger partial charge is 0.337 e. The van der Waals surface area contributed by atoms with Crippen LogP contribution in [-0.2, 0) is 17.9 Å². The van der Waals surface area contributed by atoms with Gasteiger partial charge in [-0.3, -0.25) is 14.5 Å². The Morgan fingerprint density at radius 1 is 1.19 bits per heavy atom. The molecule has 0 saturated heterocycles. The Balaban J connectivity index is 1.25. The molecule has 0 unspecified atom stereocenters. The molecule has 1 fully saturated rings. The van der Waals surface area contributed by atoms with Crippen molar-refractivity contribution < 1.29 is 9.59 Å². The number of fused-ring (bicyclic) bond motifs is 1. The normalized spacial score (nSPS) is 18.6. The molecule has 2 amide bonds. The van der Waals surface area contributed by atoms with Crippen molar-refractivity contribution in [1.82, 2.24) is 29.9 Å². The van der Waals surface area contributed by atoms with Crippen molar-refractivity contribution in [3.63, 3.8) is 0 Å². The third kappa shape index (κ3) is 4.05. The highest BCUT2D eigenvalue weighted by atomic mass is 35.5. The predicted octanol–water partition coefficient (Wildman–Crippen LogP) is 2.22. The van der Waals surface area contributed by atoms with E-state index in [1.165, 1.54) is 6.33 Å². The Morgan fingerprint density at radius 3 is 2.71 bits per heavy atom. The second-order valence-corrected chi connectivity index (χ2v) is 8.47. The Morgan fingerprint density at radius 2 is 1.97 bits per heavy atom. The molecule has 0 radical (unpaired) electrons. The van der Waals surface area contributed by atoms with Crippen molar-refractivity contribution >= 4 is 29.2 Å². The number of hydrogen-bond donors (Lipinski definition) is 1. The summed E-state index contributed by atoms with van der Waals surface area (Å²) in [6.45, 7) is 1.02. The van der Waals surface area contributed by atoms with Gasteiger partial charge in [0.1, 0.15) is 18.2 Å². The molecule has 1 aliphatic heterocycles. The Hall–Kier alpha value is -3.20. The van der Waals surface area contributed by atoms with Gasteiger partial charge in [0.2, 0.25) is 5.82 Å². The van der Waals surface area contributed by atoms with Crippen molar-refractivity contribution in [2.45, 2.75) is 44.3 Å². The Kier molecular flexibility index (Phi) is 4.97. The van der Waals surface area contributed by atoms with Gasteiger partial charge in [-0.15, -0.1) is 5.10 Å². The van der Waals surface area contributed by atoms with Crippen LogP contribution < -0.4 is 10.2 Å². The fourth-order valence-electron chi connectivity index (χ4n) is 3.77. The van der Waals surface area contributed by atoms with Crippen LogP contribution in [0.1, 0.15) is 47.1 Å². The van der Waals surface area contributed by atoms with Gasteiger partial charge in [0.25, 0.3) is 11.8 Å². The molecule has 1 saturated carbocycles. The summed E-state index contributed by atoms with van der Waals surface area (Å²) in [4.78, 5) is 31.3. The maximum absolute atomic E-state index is 13.0. The van der Waals surface area contributed by atoms with Crippen molar-refractivity contribution in [3.05, 3.63) is 58.8 Å². The number of benzene rings is 1. The number of rotatable bonds is 5. The highest BCUT2D eigenvalue weighted by Crippen LogP contribution is 2.40. The summed E-state index contributed by atoms with van der Waals surface area (Å²) >= 11 is 5.91. The van der Waals surface area contributed by atoms with Crippen LogP contribution >= 0.6 is 11.6 Å². The summed E-state index contributed by atoms with van der Waals surface area (Å²) in [7, 11) is 1.72. The molecule has 0 spiro atoms. The maximum atomic E-state index is 13.0. The first-order valence-electron chi connectivity index (χ1n) is 10.3. The standard InChI is InChI=1S/C21H22ClN7O2/c1-27-18-10-17(14-4-5-14)25-29(18)9-8-16(21(27)31)24-20(30)19-23-12-28(26-19)11-13-2-6-15(22)7-3-13/h2-3,6-7,10,12,14,16H,4-5,8-9,11H2,1H3,(H,24,30)/t16-/m0/s1. The number of aromatic nitrogens is 5. The van der Waals surface area contributed by atoms with Gasteiger partial charge in [0, 0.05) is 30.6 Å². The molecule has 1 aliphatic carbocycles. The van der Waals surface area contributed by atoms with Gasteiger partial charge in [0.05, 0.1) is 12.2 Å². The third-order valence-electron chi connectivity index (χ3n) is 5.68. The average molecular weight is 440 g/mol. The Bertz CT molecular complexity index is 1130. The molecule has 10 heteroatoms. The number of nitrogens with one attached hydrogen (secondary N) is 1. The van der Waals surface area contributed by atoms with Crippen molar-refractivity contribution in [2.24, 2.45) is 0 Å². The third-order valence-corrected chi connectivity index (χ3v) is 5.93. The lowest BCUT2D eigenvalue weighted by Gasteiger charge is -2.19. The fourth-order valence-corrected chi connectivity index (χ4v) is 3.90. The number of nitrogens with zero attached hydrogens (tertiary/aromatic N) is 6. The highest BCUT2D eigenvalue weighted by Gasteiger charge is 2.34. The van der Waals surface area contributed by atoms with Gasteiger partial charge >= 0.3 is 0 Å². The second kappa shape index (κ2) is 7.81. The van der Waals surface area contributed by atoms with Crippen molar-refractivity contribution in [3.8, 4) is 0 Å². The first-order chi connectivity index (χ1) is 15.0. The minimum Gasteiger partial charge on any atom is -0.337 e. The van der Waals surface area contributed by atoms with Gasteiger partial charge in [-0.2, -0.15) is 5.10 Å². The lowest BCUT2D eigenvalue weighted by molar-refractivity contribution is -0.120. The molecule has 1 aromatic carbocycles. The van der Waals surface area contributed by atoms with E-state index in [4.69, 9.17) is 11.6 Å². The van der Waals surface area contributed by atoms with Crippen LogP contribution in [0.5, 0.6) is 0 Å². The van der Waals surface area contributed by atoms with Crippen LogP contribution in [0, 0.1) is 0 Å². The molecule has 31 heavy (non-hydrogen) atoms. The van der Waals surface area contributed by atoms with Gasteiger partial charge < -0.3 is 5.32 Å². The first-order valence-corrected chi connectivity index (χ1v) is 10.7. The second-order valence-electron chi connectivity index (χ2n) is 8.03. The number of anilines is 1. The summed E-state index contributed by atoms with van der Waals surface area (Å²) in [5, 5.41) is 12.3. The molecule has 0 bridgehead atoms. The smallest absolute Gasteiger partial charge is 0.291 e. The number of carbonyl (C=O) groups is 2. The molecule has 160 valence electrons. The summed E-state index contributed by atoms with van der Waals surface area (Å²) in [6, 6.07) is 8.71. The highest BCUT2D eigenvalue weighted by molar-refractivity contribution is 6.30. The summed E-state index contributed by atoms with van der Waals surface area (Å²) in [5.74, 6) is 0.679. The molecule has 5 rings (SSSR count). The Labute approximate surface area is 184 Å². The van der Waals surface area contributed by atoms with Crippen LogP contribution in [0.4, 0.5) is 5.82 Å². The average Bonchev–Trinajstić information content (AvgIpc) is 3.38. The zero-order chi connectivity index (χ0) is 21.5. The molecule has 3 heterocycles. The van der Waals surface area contributed by atoms with Crippen LogP contribution in [0.15, 0.2) is 36.7 Å². The number of hydrogen-bond acceptors (Lipinski definition) is 5. The molecule has 2 aromatic heterocycles. The van der Waals surface area contributed by atoms with E-state index < -0.39 is 11.9 Å². The quantitative estimate of drug-likeness (QED) is 0.657. The minimum absolute atomic E-state index is 0.0300.